The van der Waals surface area contributed by atoms with Gasteiger partial charge < -0.3 is 10.2 Å². The zero-order chi connectivity index (χ0) is 13.7. The molecule has 19 heavy (non-hydrogen) atoms. The van der Waals surface area contributed by atoms with Crippen molar-refractivity contribution in [2.75, 3.05) is 30.0 Å². The highest BCUT2D eigenvalue weighted by Gasteiger charge is 2.21. The van der Waals surface area contributed by atoms with Crippen LogP contribution in [-0.4, -0.2) is 31.1 Å². The van der Waals surface area contributed by atoms with Crippen LogP contribution in [0.25, 0.3) is 0 Å². The lowest BCUT2D eigenvalue weighted by Gasteiger charge is -2.28. The summed E-state index contributed by atoms with van der Waals surface area (Å²) >= 11 is 5.66. The molecule has 1 heterocycles. The van der Waals surface area contributed by atoms with Crippen LogP contribution in [0.3, 0.4) is 0 Å². The van der Waals surface area contributed by atoms with E-state index in [1.165, 1.54) is 40.1 Å². The minimum atomic E-state index is 0.691. The average Bonchev–Trinajstić information content (AvgIpc) is 2.92. The standard InChI is InChI=1S/C15H23BrN2S/c1-3-7-17-10-12-9-13(16)4-5-15(12)18(2)14-6-8-19-11-14/h4-5,9,14,17H,3,6-8,10-11H2,1-2H3. The molecule has 1 fully saturated rings. The van der Waals surface area contributed by atoms with Crippen molar-refractivity contribution < 1.29 is 0 Å². The largest absolute Gasteiger partial charge is 0.370 e. The lowest BCUT2D eigenvalue weighted by atomic mass is 10.1. The topological polar surface area (TPSA) is 15.3 Å². The van der Waals surface area contributed by atoms with Crippen molar-refractivity contribution in [3.05, 3.63) is 28.2 Å². The highest BCUT2D eigenvalue weighted by atomic mass is 79.9. The number of hydrogen-bond acceptors (Lipinski definition) is 3. The molecule has 0 aliphatic carbocycles. The molecule has 2 nitrogen and oxygen atoms in total. The predicted molar refractivity (Wildman–Crippen MR) is 90.3 cm³/mol. The van der Waals surface area contributed by atoms with Gasteiger partial charge in [0.2, 0.25) is 0 Å². The maximum Gasteiger partial charge on any atom is 0.0412 e. The van der Waals surface area contributed by atoms with Crippen LogP contribution in [0.2, 0.25) is 0 Å². The Hall–Kier alpha value is -0.190. The van der Waals surface area contributed by atoms with Gasteiger partial charge in [0, 0.05) is 35.5 Å². The summed E-state index contributed by atoms with van der Waals surface area (Å²) < 4.78 is 1.17. The Morgan fingerprint density at radius 3 is 3.00 bits per heavy atom. The number of benzene rings is 1. The fourth-order valence-corrected chi connectivity index (χ4v) is 4.14. The van der Waals surface area contributed by atoms with Crippen LogP contribution in [0.1, 0.15) is 25.3 Å². The Kier molecular flexibility index (Phi) is 6.05. The van der Waals surface area contributed by atoms with E-state index in [1.54, 1.807) is 0 Å². The summed E-state index contributed by atoms with van der Waals surface area (Å²) in [7, 11) is 2.24. The van der Waals surface area contributed by atoms with Gasteiger partial charge in [0.15, 0.2) is 0 Å². The normalized spacial score (nSPS) is 18.8. The number of halogens is 1. The highest BCUT2D eigenvalue weighted by Crippen LogP contribution is 2.30. The molecule has 1 aromatic carbocycles. The molecule has 1 unspecified atom stereocenters. The lowest BCUT2D eigenvalue weighted by molar-refractivity contribution is 0.662. The van der Waals surface area contributed by atoms with Crippen LogP contribution in [0.4, 0.5) is 5.69 Å². The van der Waals surface area contributed by atoms with Gasteiger partial charge in [-0.3, -0.25) is 0 Å². The van der Waals surface area contributed by atoms with Crippen molar-refractivity contribution in [1.29, 1.82) is 0 Å². The molecule has 1 N–H and O–H groups in total. The number of nitrogens with one attached hydrogen (secondary N) is 1. The van der Waals surface area contributed by atoms with E-state index >= 15 is 0 Å². The number of hydrogen-bond donors (Lipinski definition) is 1. The molecule has 0 radical (unpaired) electrons. The molecule has 1 aliphatic heterocycles. The van der Waals surface area contributed by atoms with Crippen molar-refractivity contribution in [2.24, 2.45) is 0 Å². The van der Waals surface area contributed by atoms with Crippen molar-refractivity contribution in [3.8, 4) is 0 Å². The van der Waals surface area contributed by atoms with E-state index in [0.29, 0.717) is 6.04 Å². The summed E-state index contributed by atoms with van der Waals surface area (Å²) in [6.07, 6.45) is 2.48. The highest BCUT2D eigenvalue weighted by molar-refractivity contribution is 9.10. The van der Waals surface area contributed by atoms with Gasteiger partial charge in [-0.2, -0.15) is 11.8 Å². The van der Waals surface area contributed by atoms with E-state index < -0.39 is 0 Å². The van der Waals surface area contributed by atoms with Gasteiger partial charge in [0.1, 0.15) is 0 Å². The minimum absolute atomic E-state index is 0.691. The molecule has 0 spiro atoms. The second kappa shape index (κ2) is 7.55. The Balaban J connectivity index is 2.12. The predicted octanol–water partition coefficient (Wildman–Crippen LogP) is 3.89. The third-order valence-electron chi connectivity index (χ3n) is 3.62. The molecule has 106 valence electrons. The number of thioether (sulfide) groups is 1. The molecule has 0 bridgehead atoms. The zero-order valence-corrected chi connectivity index (χ0v) is 14.2. The molecule has 2 rings (SSSR count). The van der Waals surface area contributed by atoms with Crippen molar-refractivity contribution in [2.45, 2.75) is 32.4 Å². The third kappa shape index (κ3) is 4.14. The fraction of sp³-hybridized carbons (Fsp3) is 0.600. The summed E-state index contributed by atoms with van der Waals surface area (Å²) in [5, 5.41) is 3.51. The molecular weight excluding hydrogens is 320 g/mol. The molecule has 0 saturated carbocycles. The lowest BCUT2D eigenvalue weighted by Crippen LogP contribution is -2.32. The average molecular weight is 343 g/mol. The SMILES string of the molecule is CCCNCc1cc(Br)ccc1N(C)C1CCSC1. The Morgan fingerprint density at radius 1 is 1.47 bits per heavy atom. The monoisotopic (exact) mass is 342 g/mol. The van der Waals surface area contributed by atoms with Crippen molar-refractivity contribution in [1.82, 2.24) is 5.32 Å². The summed E-state index contributed by atoms with van der Waals surface area (Å²) in [5.41, 5.74) is 2.77. The first kappa shape index (κ1) is 15.2. The Labute approximate surface area is 129 Å². The van der Waals surface area contributed by atoms with Gasteiger partial charge >= 0.3 is 0 Å². The number of rotatable bonds is 6. The molecule has 1 aliphatic rings. The van der Waals surface area contributed by atoms with Crippen molar-refractivity contribution in [3.63, 3.8) is 0 Å². The van der Waals surface area contributed by atoms with Crippen LogP contribution in [0.5, 0.6) is 0 Å². The zero-order valence-electron chi connectivity index (χ0n) is 11.8. The minimum Gasteiger partial charge on any atom is -0.370 e. The van der Waals surface area contributed by atoms with Crippen molar-refractivity contribution >= 4 is 33.4 Å². The molecule has 4 heteroatoms. The van der Waals surface area contributed by atoms with E-state index in [0.717, 1.165) is 13.1 Å². The second-order valence-electron chi connectivity index (χ2n) is 5.08. The van der Waals surface area contributed by atoms with E-state index in [2.05, 4.69) is 70.1 Å². The summed E-state index contributed by atoms with van der Waals surface area (Å²) in [6.45, 7) is 4.23. The molecule has 1 saturated heterocycles. The molecule has 1 atom stereocenters. The smallest absolute Gasteiger partial charge is 0.0412 e. The Bertz CT molecular complexity index is 405. The Morgan fingerprint density at radius 2 is 2.32 bits per heavy atom. The maximum absolute atomic E-state index is 3.59. The summed E-state index contributed by atoms with van der Waals surface area (Å²) in [5.74, 6) is 2.56. The van der Waals surface area contributed by atoms with Crippen LogP contribution < -0.4 is 10.2 Å². The summed E-state index contributed by atoms with van der Waals surface area (Å²) in [4.78, 5) is 2.47. The van der Waals surface area contributed by atoms with Gasteiger partial charge in [-0.05, 0) is 48.9 Å². The molecule has 1 aromatic rings. The van der Waals surface area contributed by atoms with E-state index in [1.807, 2.05) is 0 Å². The molecule has 0 amide bonds. The first-order valence-electron chi connectivity index (χ1n) is 7.02. The molecule has 0 aromatic heterocycles. The molecular formula is C15H23BrN2S. The van der Waals surface area contributed by atoms with Gasteiger partial charge in [0.25, 0.3) is 0 Å². The number of nitrogens with zero attached hydrogens (tertiary/aromatic N) is 1. The first-order valence-corrected chi connectivity index (χ1v) is 8.97. The third-order valence-corrected chi connectivity index (χ3v) is 5.26. The van der Waals surface area contributed by atoms with Gasteiger partial charge in [0.05, 0.1) is 0 Å². The van der Waals surface area contributed by atoms with Crippen LogP contribution in [-0.2, 0) is 6.54 Å². The second-order valence-corrected chi connectivity index (χ2v) is 7.14. The van der Waals surface area contributed by atoms with Crippen LogP contribution >= 0.6 is 27.7 Å². The van der Waals surface area contributed by atoms with E-state index in [-0.39, 0.29) is 0 Å². The van der Waals surface area contributed by atoms with Gasteiger partial charge in [-0.25, -0.2) is 0 Å². The van der Waals surface area contributed by atoms with E-state index in [4.69, 9.17) is 0 Å². The van der Waals surface area contributed by atoms with Gasteiger partial charge in [-0.15, -0.1) is 0 Å². The first-order chi connectivity index (χ1) is 9.22. The quantitative estimate of drug-likeness (QED) is 0.789. The maximum atomic E-state index is 3.59. The summed E-state index contributed by atoms with van der Waals surface area (Å²) in [6, 6.07) is 7.33. The van der Waals surface area contributed by atoms with Gasteiger partial charge in [-0.1, -0.05) is 22.9 Å². The fourth-order valence-electron chi connectivity index (χ4n) is 2.46. The van der Waals surface area contributed by atoms with Crippen LogP contribution in [0.15, 0.2) is 22.7 Å². The van der Waals surface area contributed by atoms with Crippen LogP contribution in [0, 0.1) is 0 Å². The van der Waals surface area contributed by atoms with E-state index in [9.17, 15) is 0 Å². The number of anilines is 1.